The number of sulfonamides is 1. The number of fused-ring (bicyclic) bond motifs is 1. The van der Waals surface area contributed by atoms with E-state index in [1.165, 1.54) is 12.1 Å². The third kappa shape index (κ3) is 8.69. The van der Waals surface area contributed by atoms with Gasteiger partial charge in [0.15, 0.2) is 6.29 Å². The minimum Gasteiger partial charge on any atom is -0.489 e. The van der Waals surface area contributed by atoms with Crippen LogP contribution in [0.25, 0.3) is 0 Å². The van der Waals surface area contributed by atoms with Gasteiger partial charge in [-0.1, -0.05) is 78.0 Å². The highest BCUT2D eigenvalue weighted by molar-refractivity contribution is 7.89. The molecule has 3 aromatic carbocycles. The summed E-state index contributed by atoms with van der Waals surface area (Å²) >= 11 is 0. The Balaban J connectivity index is 1.17. The molecule has 11 nitrogen and oxygen atoms in total. The lowest BCUT2D eigenvalue weighted by Crippen LogP contribution is -2.51. The third-order valence-electron chi connectivity index (χ3n) is 8.85. The van der Waals surface area contributed by atoms with Crippen LogP contribution in [0.3, 0.4) is 0 Å². The molecule has 12 heteroatoms. The standard InChI is InChI=1S/C35H42N2O9S/c38-32(31(21-25-9-3-1-4-10-25)36-35(39)45-33-24-44-34-30(33)19-20-42-34)22-37(46-28-13-7-8-14-28)47(40,41)29-17-15-27(16-18-29)43-23-26-11-5-2-6-12-26/h1-6,9-12,15-18,28,30-34,38H,7-8,13-14,19-24H2,(H,36,39)/t30-,31+,32+,33?,34+/m1/s1. The number of hydrogen-bond acceptors (Lipinski definition) is 9. The molecule has 252 valence electrons. The summed E-state index contributed by atoms with van der Waals surface area (Å²) in [5.41, 5.74) is 1.84. The molecule has 3 aliphatic rings. The molecule has 1 amide bonds. The SMILES string of the molecule is O=C(N[C@@H](Cc1ccccc1)[C@@H](O)CN(OC1CCCC1)S(=O)(=O)c1ccc(OCc2ccccc2)cc1)OC1CO[C@@H]2OCC[C@H]12. The number of ether oxygens (including phenoxy) is 4. The van der Waals surface area contributed by atoms with Gasteiger partial charge in [-0.25, -0.2) is 13.2 Å². The average molecular weight is 667 g/mol. The van der Waals surface area contributed by atoms with Crippen molar-refractivity contribution in [3.8, 4) is 5.75 Å². The van der Waals surface area contributed by atoms with Crippen molar-refractivity contribution in [3.05, 3.63) is 96.1 Å². The van der Waals surface area contributed by atoms with Crippen LogP contribution in [0.5, 0.6) is 5.75 Å². The molecule has 2 heterocycles. The van der Waals surface area contributed by atoms with Crippen LogP contribution in [-0.2, 0) is 42.1 Å². The molecule has 0 aromatic heterocycles. The van der Waals surface area contributed by atoms with Crippen molar-refractivity contribution in [3.63, 3.8) is 0 Å². The maximum atomic E-state index is 14.0. The second-order valence-electron chi connectivity index (χ2n) is 12.2. The summed E-state index contributed by atoms with van der Waals surface area (Å²) in [6, 6.07) is 24.3. The minimum absolute atomic E-state index is 0.00342. The van der Waals surface area contributed by atoms with Crippen molar-refractivity contribution in [1.82, 2.24) is 9.79 Å². The normalized spacial score (nSPS) is 22.6. The molecule has 0 radical (unpaired) electrons. The predicted molar refractivity (Wildman–Crippen MR) is 172 cm³/mol. The van der Waals surface area contributed by atoms with Gasteiger partial charge < -0.3 is 29.4 Å². The number of carbonyl (C=O) groups is 1. The second kappa shape index (κ2) is 15.6. The van der Waals surface area contributed by atoms with E-state index in [1.54, 1.807) is 12.1 Å². The molecule has 5 atom stereocenters. The molecule has 1 unspecified atom stereocenters. The van der Waals surface area contributed by atoms with Gasteiger partial charge in [0.1, 0.15) is 18.5 Å². The molecule has 2 saturated heterocycles. The minimum atomic E-state index is -4.21. The topological polar surface area (TPSA) is 133 Å². The number of alkyl carbamates (subject to hydrolysis) is 1. The van der Waals surface area contributed by atoms with Gasteiger partial charge in [-0.15, -0.1) is 0 Å². The molecule has 47 heavy (non-hydrogen) atoms. The van der Waals surface area contributed by atoms with Gasteiger partial charge in [-0.3, -0.25) is 4.84 Å². The lowest BCUT2D eigenvalue weighted by Gasteiger charge is -2.31. The number of hydroxylamine groups is 1. The van der Waals surface area contributed by atoms with Crippen molar-refractivity contribution in [2.75, 3.05) is 19.8 Å². The second-order valence-corrected chi connectivity index (χ2v) is 14.1. The first kappa shape index (κ1) is 33.4. The van der Waals surface area contributed by atoms with Crippen molar-refractivity contribution >= 4 is 16.1 Å². The number of hydrogen-bond donors (Lipinski definition) is 2. The maximum Gasteiger partial charge on any atom is 0.407 e. The van der Waals surface area contributed by atoms with Gasteiger partial charge in [0.05, 0.1) is 48.8 Å². The molecule has 2 aliphatic heterocycles. The fraction of sp³-hybridized carbons (Fsp3) is 0.457. The van der Waals surface area contributed by atoms with E-state index in [2.05, 4.69) is 5.32 Å². The van der Waals surface area contributed by atoms with Crippen LogP contribution in [0.2, 0.25) is 0 Å². The molecule has 6 rings (SSSR count). The van der Waals surface area contributed by atoms with Crippen molar-refractivity contribution in [2.24, 2.45) is 5.92 Å². The Labute approximate surface area is 275 Å². The van der Waals surface area contributed by atoms with Crippen LogP contribution in [0.15, 0.2) is 89.8 Å². The lowest BCUT2D eigenvalue weighted by molar-refractivity contribution is -0.145. The van der Waals surface area contributed by atoms with Gasteiger partial charge >= 0.3 is 6.09 Å². The largest absolute Gasteiger partial charge is 0.489 e. The summed E-state index contributed by atoms with van der Waals surface area (Å²) in [6.07, 6.45) is 1.02. The zero-order chi connectivity index (χ0) is 32.6. The summed E-state index contributed by atoms with van der Waals surface area (Å²) in [7, 11) is -4.21. The number of amides is 1. The van der Waals surface area contributed by atoms with Gasteiger partial charge in [-0.05, 0) is 61.1 Å². The van der Waals surface area contributed by atoms with E-state index < -0.39 is 40.9 Å². The number of rotatable bonds is 14. The summed E-state index contributed by atoms with van der Waals surface area (Å²) in [6.45, 7) is 0.706. The van der Waals surface area contributed by atoms with Gasteiger partial charge in [0, 0.05) is 0 Å². The Bertz CT molecular complexity index is 1540. The highest BCUT2D eigenvalue weighted by Crippen LogP contribution is 2.33. The Morgan fingerprint density at radius 2 is 1.60 bits per heavy atom. The van der Waals surface area contributed by atoms with E-state index >= 15 is 0 Å². The summed E-state index contributed by atoms with van der Waals surface area (Å²) in [5.74, 6) is 0.471. The summed E-state index contributed by atoms with van der Waals surface area (Å²) in [4.78, 5) is 19.2. The number of nitrogens with one attached hydrogen (secondary N) is 1. The number of aliphatic hydroxyl groups excluding tert-OH is 1. The molecule has 1 saturated carbocycles. The van der Waals surface area contributed by atoms with Gasteiger partial charge in [-0.2, -0.15) is 0 Å². The molecule has 0 spiro atoms. The van der Waals surface area contributed by atoms with Gasteiger partial charge in [0.25, 0.3) is 10.0 Å². The van der Waals surface area contributed by atoms with Crippen molar-refractivity contribution < 1.29 is 42.1 Å². The molecular formula is C35H42N2O9S. The predicted octanol–water partition coefficient (Wildman–Crippen LogP) is 4.59. The van der Waals surface area contributed by atoms with Crippen LogP contribution in [0.4, 0.5) is 4.79 Å². The van der Waals surface area contributed by atoms with Crippen LogP contribution in [0.1, 0.15) is 43.2 Å². The van der Waals surface area contributed by atoms with Crippen LogP contribution < -0.4 is 10.1 Å². The first-order chi connectivity index (χ1) is 22.8. The fourth-order valence-electron chi connectivity index (χ4n) is 6.23. The number of benzene rings is 3. The quantitative estimate of drug-likeness (QED) is 0.237. The van der Waals surface area contributed by atoms with E-state index in [0.29, 0.717) is 31.8 Å². The summed E-state index contributed by atoms with van der Waals surface area (Å²) in [5, 5.41) is 14.4. The smallest absolute Gasteiger partial charge is 0.407 e. The van der Waals surface area contributed by atoms with Crippen LogP contribution in [0, 0.1) is 5.92 Å². The molecular weight excluding hydrogens is 624 g/mol. The third-order valence-corrected chi connectivity index (χ3v) is 10.5. The van der Waals surface area contributed by atoms with Crippen molar-refractivity contribution in [1.29, 1.82) is 0 Å². The molecule has 3 fully saturated rings. The molecule has 1 aliphatic carbocycles. The summed E-state index contributed by atoms with van der Waals surface area (Å²) < 4.78 is 51.6. The Hall–Kier alpha value is -3.52. The molecule has 3 aromatic rings. The highest BCUT2D eigenvalue weighted by atomic mass is 32.2. The zero-order valence-electron chi connectivity index (χ0n) is 26.2. The zero-order valence-corrected chi connectivity index (χ0v) is 27.0. The Morgan fingerprint density at radius 1 is 0.915 bits per heavy atom. The Kier molecular flexibility index (Phi) is 11.1. The van der Waals surface area contributed by atoms with E-state index in [9.17, 15) is 18.3 Å². The van der Waals surface area contributed by atoms with Crippen LogP contribution in [-0.4, -0.2) is 74.5 Å². The number of carbonyl (C=O) groups excluding carboxylic acids is 1. The van der Waals surface area contributed by atoms with Crippen molar-refractivity contribution in [2.45, 2.75) is 80.7 Å². The van der Waals surface area contributed by atoms with Crippen LogP contribution >= 0.6 is 0 Å². The monoisotopic (exact) mass is 666 g/mol. The lowest BCUT2D eigenvalue weighted by atomic mass is 10.0. The first-order valence-electron chi connectivity index (χ1n) is 16.2. The molecule has 2 N–H and O–H groups in total. The number of nitrogens with zero attached hydrogens (tertiary/aromatic N) is 1. The van der Waals surface area contributed by atoms with E-state index in [4.69, 9.17) is 23.8 Å². The molecule has 0 bridgehead atoms. The number of aliphatic hydroxyl groups is 1. The Morgan fingerprint density at radius 3 is 2.30 bits per heavy atom. The van der Waals surface area contributed by atoms with E-state index in [1.807, 2.05) is 60.7 Å². The highest BCUT2D eigenvalue weighted by Gasteiger charge is 2.44. The van der Waals surface area contributed by atoms with Gasteiger partial charge in [0.2, 0.25) is 0 Å². The van der Waals surface area contributed by atoms with E-state index in [0.717, 1.165) is 34.9 Å². The fourth-order valence-corrected chi connectivity index (χ4v) is 7.52. The maximum absolute atomic E-state index is 14.0. The first-order valence-corrected chi connectivity index (χ1v) is 17.7. The van der Waals surface area contributed by atoms with E-state index in [-0.39, 0.29) is 36.2 Å². The average Bonchev–Trinajstić information content (AvgIpc) is 3.85.